The van der Waals surface area contributed by atoms with Gasteiger partial charge in [-0.15, -0.1) is 0 Å². The number of hydrogen-bond acceptors (Lipinski definition) is 5. The van der Waals surface area contributed by atoms with Gasteiger partial charge in [0.15, 0.2) is 0 Å². The van der Waals surface area contributed by atoms with Crippen molar-refractivity contribution in [3.63, 3.8) is 0 Å². The average Bonchev–Trinajstić information content (AvgIpc) is 2.35. The molecule has 0 bridgehead atoms. The van der Waals surface area contributed by atoms with Gasteiger partial charge in [0.1, 0.15) is 5.60 Å². The number of nitrogens with zero attached hydrogens (tertiary/aromatic N) is 2. The van der Waals surface area contributed by atoms with E-state index >= 15 is 0 Å². The van der Waals surface area contributed by atoms with E-state index in [0.717, 1.165) is 19.6 Å². The summed E-state index contributed by atoms with van der Waals surface area (Å²) >= 11 is 1.32. The van der Waals surface area contributed by atoms with Crippen LogP contribution in [0, 0.1) is 0 Å². The fourth-order valence-electron chi connectivity index (χ4n) is 1.91. The minimum Gasteiger partial charge on any atom is -0.444 e. The van der Waals surface area contributed by atoms with Crippen LogP contribution in [0.3, 0.4) is 0 Å². The Kier molecular flexibility index (Phi) is 6.61. The number of rotatable bonds is 4. The summed E-state index contributed by atoms with van der Waals surface area (Å²) in [5.74, 6) is 0.0482. The summed E-state index contributed by atoms with van der Waals surface area (Å²) in [4.78, 5) is 27.2. The van der Waals surface area contributed by atoms with Crippen LogP contribution in [0.15, 0.2) is 0 Å². The van der Waals surface area contributed by atoms with Crippen LogP contribution in [0.1, 0.15) is 27.2 Å². The molecule has 1 aliphatic heterocycles. The topological polar surface area (TPSA) is 61.9 Å². The average molecular weight is 303 g/mol. The van der Waals surface area contributed by atoms with Crippen molar-refractivity contribution in [1.29, 1.82) is 0 Å². The minimum atomic E-state index is -0.454. The molecule has 0 aliphatic carbocycles. The largest absolute Gasteiger partial charge is 0.444 e. The fourth-order valence-corrected chi connectivity index (χ4v) is 2.23. The summed E-state index contributed by atoms with van der Waals surface area (Å²) in [6.07, 6.45) is 2.07. The first-order valence-corrected chi connectivity index (χ1v) is 8.06. The Balaban J connectivity index is 2.26. The highest BCUT2D eigenvalue weighted by molar-refractivity contribution is 7.97. The molecule has 1 heterocycles. The lowest BCUT2D eigenvalue weighted by Crippen LogP contribution is -2.50. The monoisotopic (exact) mass is 303 g/mol. The molecule has 0 spiro atoms. The van der Waals surface area contributed by atoms with Gasteiger partial charge in [0.2, 0.25) is 5.91 Å². The first-order chi connectivity index (χ1) is 9.31. The van der Waals surface area contributed by atoms with E-state index in [9.17, 15) is 9.59 Å². The van der Waals surface area contributed by atoms with Gasteiger partial charge in [-0.05, 0) is 20.8 Å². The molecule has 2 amide bonds. The van der Waals surface area contributed by atoms with E-state index in [0.29, 0.717) is 19.5 Å². The number of amides is 2. The maximum Gasteiger partial charge on any atom is 0.410 e. The third-order valence-corrected chi connectivity index (χ3v) is 3.33. The van der Waals surface area contributed by atoms with E-state index in [-0.39, 0.29) is 12.0 Å². The first kappa shape index (κ1) is 17.1. The van der Waals surface area contributed by atoms with Crippen LogP contribution in [0.4, 0.5) is 4.79 Å². The molecule has 1 N–H and O–H groups in total. The maximum absolute atomic E-state index is 11.9. The van der Waals surface area contributed by atoms with Crippen LogP contribution in [-0.2, 0) is 9.53 Å². The van der Waals surface area contributed by atoms with E-state index in [4.69, 9.17) is 4.74 Å². The zero-order valence-corrected chi connectivity index (χ0v) is 13.6. The molecular formula is C13H25N3O3S. The molecule has 1 saturated heterocycles. The normalized spacial score (nSPS) is 16.9. The number of nitrogens with one attached hydrogen (secondary N) is 1. The Morgan fingerprint density at radius 1 is 1.20 bits per heavy atom. The summed E-state index contributed by atoms with van der Waals surface area (Å²) in [6.45, 7) is 9.20. The van der Waals surface area contributed by atoms with Crippen molar-refractivity contribution in [2.75, 3.05) is 39.0 Å². The number of carbonyl (C=O) groups excluding carboxylic acids is 2. The summed E-state index contributed by atoms with van der Waals surface area (Å²) < 4.78 is 8.05. The lowest BCUT2D eigenvalue weighted by atomic mass is 10.2. The van der Waals surface area contributed by atoms with Crippen molar-refractivity contribution in [1.82, 2.24) is 14.5 Å². The second-order valence-corrected chi connectivity index (χ2v) is 6.40. The first-order valence-electron chi connectivity index (χ1n) is 6.84. The molecule has 0 radical (unpaired) electrons. The van der Waals surface area contributed by atoms with E-state index < -0.39 is 5.60 Å². The zero-order chi connectivity index (χ0) is 15.2. The predicted molar refractivity (Wildman–Crippen MR) is 80.5 cm³/mol. The molecule has 0 aromatic heterocycles. The van der Waals surface area contributed by atoms with Gasteiger partial charge in [-0.1, -0.05) is 11.9 Å². The molecule has 116 valence electrons. The van der Waals surface area contributed by atoms with Gasteiger partial charge in [0, 0.05) is 45.4 Å². The fraction of sp³-hybridized carbons (Fsp3) is 0.846. The van der Waals surface area contributed by atoms with Crippen LogP contribution in [0.25, 0.3) is 0 Å². The molecule has 6 nitrogen and oxygen atoms in total. The molecule has 0 aromatic carbocycles. The van der Waals surface area contributed by atoms with Crippen molar-refractivity contribution in [2.45, 2.75) is 32.8 Å². The second kappa shape index (κ2) is 7.73. The van der Waals surface area contributed by atoms with Gasteiger partial charge in [-0.2, -0.15) is 0 Å². The van der Waals surface area contributed by atoms with Crippen molar-refractivity contribution in [2.24, 2.45) is 0 Å². The number of ether oxygens (including phenoxy) is 1. The highest BCUT2D eigenvalue weighted by atomic mass is 32.2. The predicted octanol–water partition coefficient (Wildman–Crippen LogP) is 1.32. The SMILES string of the molecule is CSNC(=O)CCN1CCN(C(=O)OC(C)(C)C)CC1. The lowest BCUT2D eigenvalue weighted by molar-refractivity contribution is -0.119. The van der Waals surface area contributed by atoms with Crippen LogP contribution < -0.4 is 4.72 Å². The summed E-state index contributed by atoms with van der Waals surface area (Å²) in [5.41, 5.74) is -0.454. The molecule has 7 heteroatoms. The van der Waals surface area contributed by atoms with E-state index in [1.54, 1.807) is 4.90 Å². The van der Waals surface area contributed by atoms with Crippen LogP contribution in [0.5, 0.6) is 0 Å². The molecule has 0 aromatic rings. The molecule has 1 rings (SSSR count). The van der Waals surface area contributed by atoms with Gasteiger partial charge in [-0.3, -0.25) is 9.69 Å². The molecule has 0 unspecified atom stereocenters. The molecular weight excluding hydrogens is 278 g/mol. The Bertz CT molecular complexity index is 336. The Morgan fingerprint density at radius 3 is 2.30 bits per heavy atom. The van der Waals surface area contributed by atoms with Crippen molar-refractivity contribution in [3.8, 4) is 0 Å². The van der Waals surface area contributed by atoms with Gasteiger partial charge >= 0.3 is 6.09 Å². The van der Waals surface area contributed by atoms with Crippen LogP contribution in [0.2, 0.25) is 0 Å². The lowest BCUT2D eigenvalue weighted by Gasteiger charge is -2.35. The third kappa shape index (κ3) is 6.47. The maximum atomic E-state index is 11.9. The molecule has 0 atom stereocenters. The highest BCUT2D eigenvalue weighted by Gasteiger charge is 2.25. The van der Waals surface area contributed by atoms with E-state index in [2.05, 4.69) is 9.62 Å². The van der Waals surface area contributed by atoms with Gasteiger partial charge in [0.05, 0.1) is 0 Å². The quantitative estimate of drug-likeness (QED) is 0.794. The minimum absolute atomic E-state index is 0.0482. The standard InChI is InChI=1S/C13H25N3O3S/c1-13(2,3)19-12(18)16-9-7-15(8-10-16)6-5-11(17)14-20-4/h5-10H2,1-4H3,(H,14,17). The summed E-state index contributed by atoms with van der Waals surface area (Å²) in [5, 5.41) is 0. The van der Waals surface area contributed by atoms with Crippen molar-refractivity contribution >= 4 is 23.9 Å². The Labute approximate surface area is 125 Å². The molecule has 0 saturated carbocycles. The van der Waals surface area contributed by atoms with Crippen molar-refractivity contribution < 1.29 is 14.3 Å². The van der Waals surface area contributed by atoms with E-state index in [1.165, 1.54) is 11.9 Å². The second-order valence-electron chi connectivity index (χ2n) is 5.79. The van der Waals surface area contributed by atoms with E-state index in [1.807, 2.05) is 27.0 Å². The highest BCUT2D eigenvalue weighted by Crippen LogP contribution is 2.11. The van der Waals surface area contributed by atoms with Gasteiger partial charge < -0.3 is 14.4 Å². The molecule has 20 heavy (non-hydrogen) atoms. The number of carbonyl (C=O) groups is 2. The summed E-state index contributed by atoms with van der Waals surface area (Å²) in [6, 6.07) is 0. The summed E-state index contributed by atoms with van der Waals surface area (Å²) in [7, 11) is 0. The number of hydrogen-bond donors (Lipinski definition) is 1. The Morgan fingerprint density at radius 2 is 1.80 bits per heavy atom. The number of piperazine rings is 1. The van der Waals surface area contributed by atoms with Crippen LogP contribution >= 0.6 is 11.9 Å². The Hall–Kier alpha value is -0.950. The smallest absolute Gasteiger partial charge is 0.410 e. The van der Waals surface area contributed by atoms with Gasteiger partial charge in [0.25, 0.3) is 0 Å². The van der Waals surface area contributed by atoms with Crippen molar-refractivity contribution in [3.05, 3.63) is 0 Å². The molecule has 1 aliphatic rings. The van der Waals surface area contributed by atoms with Gasteiger partial charge in [-0.25, -0.2) is 4.79 Å². The van der Waals surface area contributed by atoms with Crippen LogP contribution in [-0.4, -0.2) is 66.4 Å². The third-order valence-electron chi connectivity index (χ3n) is 2.89. The molecule has 1 fully saturated rings. The zero-order valence-electron chi connectivity index (χ0n) is 12.8.